The zero-order chi connectivity index (χ0) is 13.1. The Bertz CT molecular complexity index is 485. The van der Waals surface area contributed by atoms with Crippen molar-refractivity contribution in [1.82, 2.24) is 0 Å². The van der Waals surface area contributed by atoms with Crippen molar-refractivity contribution >= 4 is 23.2 Å². The summed E-state index contributed by atoms with van der Waals surface area (Å²) in [5.41, 5.74) is 2.64. The highest BCUT2D eigenvalue weighted by molar-refractivity contribution is 5.96. The fraction of sp³-hybridized carbons (Fsp3) is 0.385. The van der Waals surface area contributed by atoms with Gasteiger partial charge < -0.3 is 15.3 Å². The first-order valence-electron chi connectivity index (χ1n) is 5.92. The molecule has 0 bridgehead atoms. The molecule has 2 amide bonds. The number of aliphatic hydroxyl groups is 1. The number of nitrogens with one attached hydrogen (secondary N) is 1. The van der Waals surface area contributed by atoms with Crippen LogP contribution in [0.25, 0.3) is 0 Å². The normalized spacial score (nSPS) is 13.8. The Hall–Kier alpha value is -1.88. The van der Waals surface area contributed by atoms with Gasteiger partial charge in [-0.1, -0.05) is 0 Å². The molecule has 96 valence electrons. The van der Waals surface area contributed by atoms with Crippen LogP contribution >= 0.6 is 0 Å². The Morgan fingerprint density at radius 3 is 2.94 bits per heavy atom. The molecule has 18 heavy (non-hydrogen) atoms. The highest BCUT2D eigenvalue weighted by atomic mass is 16.3. The molecule has 0 atom stereocenters. The van der Waals surface area contributed by atoms with Gasteiger partial charge in [-0.15, -0.1) is 0 Å². The van der Waals surface area contributed by atoms with Crippen molar-refractivity contribution in [2.75, 3.05) is 23.9 Å². The van der Waals surface area contributed by atoms with Gasteiger partial charge in [0, 0.05) is 24.8 Å². The average molecular weight is 248 g/mol. The molecule has 0 fully saturated rings. The summed E-state index contributed by atoms with van der Waals surface area (Å²) in [6.07, 6.45) is 1.28. The Morgan fingerprint density at radius 1 is 1.44 bits per heavy atom. The number of hydrogen-bond donors (Lipinski definition) is 2. The van der Waals surface area contributed by atoms with Crippen molar-refractivity contribution in [2.24, 2.45) is 0 Å². The van der Waals surface area contributed by atoms with Crippen molar-refractivity contribution < 1.29 is 14.7 Å². The molecule has 1 aliphatic rings. The van der Waals surface area contributed by atoms with E-state index in [0.717, 1.165) is 16.9 Å². The molecule has 0 spiro atoms. The molecular weight excluding hydrogens is 232 g/mol. The molecule has 1 aromatic rings. The number of anilines is 2. The number of fused-ring (bicyclic) bond motifs is 1. The molecule has 0 unspecified atom stereocenters. The van der Waals surface area contributed by atoms with E-state index in [9.17, 15) is 9.59 Å². The number of benzene rings is 1. The van der Waals surface area contributed by atoms with Gasteiger partial charge >= 0.3 is 0 Å². The fourth-order valence-electron chi connectivity index (χ4n) is 1.99. The third kappa shape index (κ3) is 2.51. The Labute approximate surface area is 105 Å². The van der Waals surface area contributed by atoms with Gasteiger partial charge in [0.1, 0.15) is 0 Å². The standard InChI is InChI=1S/C13H16N2O3/c1-15(13(18)6-7-16)10-3-4-11-9(8-10)2-5-12(17)14-11/h3-4,8,16H,2,5-7H2,1H3,(H,14,17). The number of amides is 2. The maximum Gasteiger partial charge on any atom is 0.229 e. The Balaban J connectivity index is 2.21. The second-order valence-electron chi connectivity index (χ2n) is 4.32. The first-order chi connectivity index (χ1) is 8.61. The van der Waals surface area contributed by atoms with Crippen LogP contribution in [-0.4, -0.2) is 30.6 Å². The zero-order valence-electron chi connectivity index (χ0n) is 10.3. The van der Waals surface area contributed by atoms with Crippen LogP contribution in [0.1, 0.15) is 18.4 Å². The number of nitrogens with zero attached hydrogens (tertiary/aromatic N) is 1. The number of carbonyl (C=O) groups excluding carboxylic acids is 2. The molecule has 5 nitrogen and oxygen atoms in total. The topological polar surface area (TPSA) is 69.6 Å². The van der Waals surface area contributed by atoms with Crippen molar-refractivity contribution in [2.45, 2.75) is 19.3 Å². The Morgan fingerprint density at radius 2 is 2.22 bits per heavy atom. The maximum atomic E-state index is 11.7. The van der Waals surface area contributed by atoms with Crippen molar-refractivity contribution in [3.63, 3.8) is 0 Å². The van der Waals surface area contributed by atoms with Gasteiger partial charge in [0.2, 0.25) is 11.8 Å². The van der Waals surface area contributed by atoms with Crippen LogP contribution in [0.5, 0.6) is 0 Å². The van der Waals surface area contributed by atoms with Crippen molar-refractivity contribution in [3.8, 4) is 0 Å². The molecule has 1 aromatic carbocycles. The molecule has 0 saturated carbocycles. The third-order valence-corrected chi connectivity index (χ3v) is 3.07. The van der Waals surface area contributed by atoms with Crippen LogP contribution in [0, 0.1) is 0 Å². The van der Waals surface area contributed by atoms with Crippen LogP contribution in [0.15, 0.2) is 18.2 Å². The minimum absolute atomic E-state index is 0.0277. The van der Waals surface area contributed by atoms with Gasteiger partial charge in [-0.2, -0.15) is 0 Å². The summed E-state index contributed by atoms with van der Waals surface area (Å²) in [5, 5.41) is 11.6. The average Bonchev–Trinajstić information content (AvgIpc) is 2.37. The SMILES string of the molecule is CN(C(=O)CCO)c1ccc2c(c1)CCC(=O)N2. The predicted molar refractivity (Wildman–Crippen MR) is 68.5 cm³/mol. The Kier molecular flexibility index (Phi) is 3.62. The number of carbonyl (C=O) groups is 2. The summed E-state index contributed by atoms with van der Waals surface area (Å²) in [4.78, 5) is 24.4. The summed E-state index contributed by atoms with van der Waals surface area (Å²) >= 11 is 0. The molecule has 0 saturated heterocycles. The molecule has 1 heterocycles. The van der Waals surface area contributed by atoms with Gasteiger partial charge in [0.25, 0.3) is 0 Å². The maximum absolute atomic E-state index is 11.7. The lowest BCUT2D eigenvalue weighted by atomic mass is 10.0. The van der Waals surface area contributed by atoms with E-state index < -0.39 is 0 Å². The summed E-state index contributed by atoms with van der Waals surface area (Å²) in [6.45, 7) is -0.149. The summed E-state index contributed by atoms with van der Waals surface area (Å²) in [7, 11) is 1.68. The van der Waals surface area contributed by atoms with Gasteiger partial charge in [0.15, 0.2) is 0 Å². The van der Waals surface area contributed by atoms with E-state index in [4.69, 9.17) is 5.11 Å². The molecule has 0 aliphatic carbocycles. The minimum Gasteiger partial charge on any atom is -0.396 e. The first kappa shape index (κ1) is 12.6. The summed E-state index contributed by atoms with van der Waals surface area (Å²) < 4.78 is 0. The van der Waals surface area contributed by atoms with Gasteiger partial charge in [-0.25, -0.2) is 0 Å². The van der Waals surface area contributed by atoms with Crippen LogP contribution in [0.2, 0.25) is 0 Å². The summed E-state index contributed by atoms with van der Waals surface area (Å²) in [5.74, 6) is -0.0998. The van der Waals surface area contributed by atoms with E-state index in [1.807, 2.05) is 12.1 Å². The van der Waals surface area contributed by atoms with Crippen molar-refractivity contribution in [3.05, 3.63) is 23.8 Å². The number of rotatable bonds is 3. The van der Waals surface area contributed by atoms with E-state index in [2.05, 4.69) is 5.32 Å². The molecule has 0 radical (unpaired) electrons. The smallest absolute Gasteiger partial charge is 0.229 e. The second kappa shape index (κ2) is 5.18. The molecule has 2 N–H and O–H groups in total. The highest BCUT2D eigenvalue weighted by Crippen LogP contribution is 2.27. The third-order valence-electron chi connectivity index (χ3n) is 3.07. The van der Waals surface area contributed by atoms with Gasteiger partial charge in [-0.3, -0.25) is 9.59 Å². The van der Waals surface area contributed by atoms with Gasteiger partial charge in [0.05, 0.1) is 13.0 Å². The van der Waals surface area contributed by atoms with E-state index in [-0.39, 0.29) is 24.8 Å². The molecule has 2 rings (SSSR count). The van der Waals surface area contributed by atoms with Crippen LogP contribution in [-0.2, 0) is 16.0 Å². The quantitative estimate of drug-likeness (QED) is 0.835. The molecule has 0 aromatic heterocycles. The largest absolute Gasteiger partial charge is 0.396 e. The highest BCUT2D eigenvalue weighted by Gasteiger charge is 2.17. The monoisotopic (exact) mass is 248 g/mol. The van der Waals surface area contributed by atoms with Crippen molar-refractivity contribution in [1.29, 1.82) is 0 Å². The van der Waals surface area contributed by atoms with Gasteiger partial charge in [-0.05, 0) is 30.2 Å². The lowest BCUT2D eigenvalue weighted by molar-refractivity contribution is -0.119. The number of aliphatic hydroxyl groups excluding tert-OH is 1. The van der Waals surface area contributed by atoms with E-state index >= 15 is 0 Å². The summed E-state index contributed by atoms with van der Waals surface area (Å²) in [6, 6.07) is 5.51. The van der Waals surface area contributed by atoms with E-state index in [1.165, 1.54) is 4.90 Å². The second-order valence-corrected chi connectivity index (χ2v) is 4.32. The predicted octanol–water partition coefficient (Wildman–Crippen LogP) is 0.916. The van der Waals surface area contributed by atoms with Crippen LogP contribution in [0.4, 0.5) is 11.4 Å². The van der Waals surface area contributed by atoms with E-state index in [0.29, 0.717) is 12.8 Å². The lowest BCUT2D eigenvalue weighted by Crippen LogP contribution is -2.27. The van der Waals surface area contributed by atoms with E-state index in [1.54, 1.807) is 13.1 Å². The molecular formula is C13H16N2O3. The van der Waals surface area contributed by atoms with Crippen LogP contribution < -0.4 is 10.2 Å². The lowest BCUT2D eigenvalue weighted by Gasteiger charge is -2.21. The minimum atomic E-state index is -0.149. The molecule has 5 heteroatoms. The zero-order valence-corrected chi connectivity index (χ0v) is 10.3. The molecule has 1 aliphatic heterocycles. The fourth-order valence-corrected chi connectivity index (χ4v) is 1.99. The number of hydrogen-bond acceptors (Lipinski definition) is 3. The number of aryl methyl sites for hydroxylation is 1. The van der Waals surface area contributed by atoms with Crippen LogP contribution in [0.3, 0.4) is 0 Å². The first-order valence-corrected chi connectivity index (χ1v) is 5.92.